The molecule has 0 saturated heterocycles. The number of aromatic nitrogens is 1. The summed E-state index contributed by atoms with van der Waals surface area (Å²) in [6.45, 7) is 1.61. The third-order valence-corrected chi connectivity index (χ3v) is 12.5. The SMILES string of the molecule is O=C([O-])c1ccc(CCN2/C(=C/C3=CC4=C/C(=C/c5sc6ccccc6[n+]5CCc5ccc(C(=O)O)cc5)CCC4CC3)Sc3ccccc32)cc1. The Labute approximate surface area is 311 Å². The number of thiazole rings is 1. The molecule has 1 unspecified atom stereocenters. The van der Waals surface area contributed by atoms with Crippen molar-refractivity contribution in [3.05, 3.63) is 164 Å². The number of para-hydroxylation sites is 2. The van der Waals surface area contributed by atoms with E-state index in [0.717, 1.165) is 62.7 Å². The quantitative estimate of drug-likeness (QED) is 0.145. The summed E-state index contributed by atoms with van der Waals surface area (Å²) in [5.74, 6) is -1.47. The van der Waals surface area contributed by atoms with E-state index in [1.807, 2.05) is 47.4 Å². The second-order valence-electron chi connectivity index (χ2n) is 13.6. The van der Waals surface area contributed by atoms with E-state index in [9.17, 15) is 19.8 Å². The summed E-state index contributed by atoms with van der Waals surface area (Å²) in [4.78, 5) is 26.2. The first-order chi connectivity index (χ1) is 25.4. The molecule has 0 amide bonds. The molecule has 8 rings (SSSR count). The van der Waals surface area contributed by atoms with E-state index >= 15 is 0 Å². The van der Waals surface area contributed by atoms with Gasteiger partial charge in [0.25, 0.3) is 5.01 Å². The van der Waals surface area contributed by atoms with Crippen LogP contribution in [0.25, 0.3) is 16.3 Å². The first kappa shape index (κ1) is 33.9. The molecule has 52 heavy (non-hydrogen) atoms. The lowest BCUT2D eigenvalue weighted by atomic mass is 9.77. The predicted octanol–water partition coefficient (Wildman–Crippen LogP) is 8.63. The fourth-order valence-corrected chi connectivity index (χ4v) is 9.77. The number of hydrogen-bond donors (Lipinski definition) is 1. The summed E-state index contributed by atoms with van der Waals surface area (Å²) in [6.07, 6.45) is 15.7. The normalized spacial score (nSPS) is 18.3. The minimum Gasteiger partial charge on any atom is -0.545 e. The summed E-state index contributed by atoms with van der Waals surface area (Å²) in [5.41, 5.74) is 9.31. The van der Waals surface area contributed by atoms with Gasteiger partial charge in [-0.3, -0.25) is 0 Å². The van der Waals surface area contributed by atoms with Crippen LogP contribution >= 0.6 is 23.1 Å². The van der Waals surface area contributed by atoms with Crippen molar-refractivity contribution in [3.63, 3.8) is 0 Å². The topological polar surface area (TPSA) is 84.5 Å². The van der Waals surface area contributed by atoms with Crippen LogP contribution in [0.1, 0.15) is 62.5 Å². The summed E-state index contributed by atoms with van der Waals surface area (Å²) in [6, 6.07) is 31.4. The van der Waals surface area contributed by atoms with Gasteiger partial charge in [-0.2, -0.15) is 4.57 Å². The van der Waals surface area contributed by atoms with Crippen molar-refractivity contribution in [2.45, 2.75) is 50.0 Å². The molecule has 8 heteroatoms. The maximum Gasteiger partial charge on any atom is 0.335 e. The van der Waals surface area contributed by atoms with Crippen molar-refractivity contribution in [3.8, 4) is 0 Å². The molecule has 0 fully saturated rings. The standard InChI is InChI=1S/C44H38N2O4S2/c47-43(48)34-17-9-29(10-18-34)21-23-45-37-5-1-3-7-39(37)51-41(45)27-31-13-15-33-16-14-32(26-36(33)25-31)28-42-46(38-6-2-4-8-40(38)52-42)24-22-30-11-19-35(20-12-30)44(49)50/h1-12,17-20,25-28,33H,13-16,21-24H2,(H-,47,48,49,50). The molecular formula is C44H38N2O4S2. The van der Waals surface area contributed by atoms with Crippen LogP contribution in [0.4, 0.5) is 5.69 Å². The molecule has 0 radical (unpaired) electrons. The van der Waals surface area contributed by atoms with E-state index in [-0.39, 0.29) is 5.56 Å². The van der Waals surface area contributed by atoms with Crippen LogP contribution in [0.5, 0.6) is 0 Å². The average Bonchev–Trinajstić information content (AvgIpc) is 3.69. The zero-order chi connectivity index (χ0) is 35.6. The van der Waals surface area contributed by atoms with E-state index in [1.165, 1.54) is 47.6 Å². The number of allylic oxidation sites excluding steroid dienone is 6. The van der Waals surface area contributed by atoms with Gasteiger partial charge in [0.05, 0.1) is 22.2 Å². The molecule has 0 saturated carbocycles. The van der Waals surface area contributed by atoms with Gasteiger partial charge in [-0.15, -0.1) is 0 Å². The number of carbonyl (C=O) groups is 2. The minimum absolute atomic E-state index is 0.203. The molecule has 1 atom stereocenters. The van der Waals surface area contributed by atoms with Gasteiger partial charge < -0.3 is 19.9 Å². The third kappa shape index (κ3) is 7.27. The van der Waals surface area contributed by atoms with Crippen molar-refractivity contribution < 1.29 is 24.4 Å². The maximum atomic E-state index is 11.3. The van der Waals surface area contributed by atoms with E-state index in [4.69, 9.17) is 0 Å². The lowest BCUT2D eigenvalue weighted by Gasteiger charge is -2.29. The van der Waals surface area contributed by atoms with Crippen LogP contribution in [-0.4, -0.2) is 23.6 Å². The maximum absolute atomic E-state index is 11.3. The number of thioether (sulfide) groups is 1. The van der Waals surface area contributed by atoms with Gasteiger partial charge in [-0.25, -0.2) is 4.79 Å². The largest absolute Gasteiger partial charge is 0.545 e. The number of aryl methyl sites for hydroxylation is 2. The number of hydrogen-bond acceptors (Lipinski definition) is 6. The van der Waals surface area contributed by atoms with E-state index < -0.39 is 11.9 Å². The second-order valence-corrected chi connectivity index (χ2v) is 15.7. The van der Waals surface area contributed by atoms with Crippen LogP contribution in [0.15, 0.2) is 142 Å². The van der Waals surface area contributed by atoms with Gasteiger partial charge >= 0.3 is 5.97 Å². The highest BCUT2D eigenvalue weighted by Gasteiger charge is 2.28. The predicted molar refractivity (Wildman–Crippen MR) is 207 cm³/mol. The molecule has 2 aliphatic carbocycles. The Morgan fingerprint density at radius 2 is 1.54 bits per heavy atom. The lowest BCUT2D eigenvalue weighted by Crippen LogP contribution is -2.36. The molecule has 5 aromatic rings. The molecule has 3 aliphatic rings. The van der Waals surface area contributed by atoms with Crippen LogP contribution in [0.2, 0.25) is 0 Å². The highest BCUT2D eigenvalue weighted by atomic mass is 32.2. The second kappa shape index (κ2) is 14.8. The molecule has 260 valence electrons. The Morgan fingerprint density at radius 1 is 0.827 bits per heavy atom. The van der Waals surface area contributed by atoms with Crippen LogP contribution in [0, 0.1) is 5.92 Å². The first-order valence-corrected chi connectivity index (χ1v) is 19.4. The van der Waals surface area contributed by atoms with E-state index in [1.54, 1.807) is 24.3 Å². The van der Waals surface area contributed by atoms with Gasteiger partial charge in [-0.1, -0.05) is 95.9 Å². The number of carboxylic acid groups (broad SMARTS) is 2. The highest BCUT2D eigenvalue weighted by molar-refractivity contribution is 8.03. The Balaban J connectivity index is 1.04. The Bertz CT molecular complexity index is 2300. The van der Waals surface area contributed by atoms with Crippen molar-refractivity contribution in [1.29, 1.82) is 0 Å². The monoisotopic (exact) mass is 722 g/mol. The minimum atomic E-state index is -1.15. The number of aromatic carboxylic acids is 2. The highest BCUT2D eigenvalue weighted by Crippen LogP contribution is 2.47. The zero-order valence-electron chi connectivity index (χ0n) is 28.7. The summed E-state index contributed by atoms with van der Waals surface area (Å²) < 4.78 is 3.67. The molecule has 6 nitrogen and oxygen atoms in total. The fourth-order valence-electron chi connectivity index (χ4n) is 7.44. The number of fused-ring (bicyclic) bond motifs is 3. The Kier molecular flexibility index (Phi) is 9.67. The summed E-state index contributed by atoms with van der Waals surface area (Å²) >= 11 is 3.65. The van der Waals surface area contributed by atoms with Gasteiger partial charge in [-0.05, 0) is 108 Å². The number of nitrogens with zero attached hydrogens (tertiary/aromatic N) is 2. The number of benzene rings is 4. The third-order valence-electron chi connectivity index (χ3n) is 10.3. The van der Waals surface area contributed by atoms with Gasteiger partial charge in [0.15, 0.2) is 6.54 Å². The molecular weight excluding hydrogens is 685 g/mol. The summed E-state index contributed by atoms with van der Waals surface area (Å²) in [7, 11) is 0. The van der Waals surface area contributed by atoms with Crippen LogP contribution < -0.4 is 14.6 Å². The van der Waals surface area contributed by atoms with Crippen LogP contribution in [-0.2, 0) is 19.4 Å². The number of carbonyl (C=O) groups excluding carboxylic acids is 1. The van der Waals surface area contributed by atoms with E-state index in [0.29, 0.717) is 11.5 Å². The van der Waals surface area contributed by atoms with Crippen molar-refractivity contribution in [2.75, 3.05) is 11.4 Å². The Hall–Kier alpha value is -5.18. The zero-order valence-corrected chi connectivity index (χ0v) is 30.3. The van der Waals surface area contributed by atoms with Crippen molar-refractivity contribution in [1.82, 2.24) is 0 Å². The number of rotatable bonds is 10. The van der Waals surface area contributed by atoms with E-state index in [2.05, 4.69) is 82.3 Å². The van der Waals surface area contributed by atoms with Gasteiger partial charge in [0.2, 0.25) is 5.52 Å². The summed E-state index contributed by atoms with van der Waals surface area (Å²) in [5, 5.41) is 23.0. The molecule has 1 N–H and O–H groups in total. The smallest absolute Gasteiger partial charge is 0.335 e. The van der Waals surface area contributed by atoms with Gasteiger partial charge in [0, 0.05) is 30.0 Å². The van der Waals surface area contributed by atoms with Gasteiger partial charge in [0.1, 0.15) is 4.70 Å². The van der Waals surface area contributed by atoms with Crippen molar-refractivity contribution in [2.24, 2.45) is 5.92 Å². The number of carboxylic acids is 2. The van der Waals surface area contributed by atoms with Crippen molar-refractivity contribution >= 4 is 57.0 Å². The first-order valence-electron chi connectivity index (χ1n) is 17.8. The molecule has 0 bridgehead atoms. The fraction of sp³-hybridized carbons (Fsp3) is 0.205. The number of anilines is 1. The molecule has 1 aromatic heterocycles. The Morgan fingerprint density at radius 3 is 2.33 bits per heavy atom. The lowest BCUT2D eigenvalue weighted by molar-refractivity contribution is -0.668. The average molecular weight is 723 g/mol. The molecule has 1 aliphatic heterocycles. The van der Waals surface area contributed by atoms with Crippen LogP contribution in [0.3, 0.4) is 0 Å². The molecule has 4 aromatic carbocycles. The molecule has 2 heterocycles. The molecule has 0 spiro atoms.